The van der Waals surface area contributed by atoms with Gasteiger partial charge in [0.25, 0.3) is 0 Å². The Hall–Kier alpha value is -3.02. The molecule has 1 N–H and O–H groups in total. The molecule has 0 aromatic heterocycles. The minimum absolute atomic E-state index is 0.247. The van der Waals surface area contributed by atoms with Gasteiger partial charge < -0.3 is 19.5 Å². The molecular formula is C23H29NO5. The largest absolute Gasteiger partial charge is 0.461 e. The maximum Gasteiger partial charge on any atom is 0.408 e. The first-order chi connectivity index (χ1) is 13.6. The molecule has 1 unspecified atom stereocenters. The molecule has 0 saturated heterocycles. The number of hydrogen-bond acceptors (Lipinski definition) is 5. The minimum atomic E-state index is -0.876. The average molecular weight is 399 g/mol. The second kappa shape index (κ2) is 9.96. The van der Waals surface area contributed by atoms with Crippen molar-refractivity contribution in [3.63, 3.8) is 0 Å². The van der Waals surface area contributed by atoms with Crippen LogP contribution >= 0.6 is 0 Å². The molecule has 0 bridgehead atoms. The van der Waals surface area contributed by atoms with Crippen LogP contribution in [0.15, 0.2) is 54.6 Å². The van der Waals surface area contributed by atoms with E-state index in [9.17, 15) is 9.59 Å². The summed E-state index contributed by atoms with van der Waals surface area (Å²) < 4.78 is 16.4. The zero-order valence-corrected chi connectivity index (χ0v) is 17.6. The first-order valence-corrected chi connectivity index (χ1v) is 9.64. The number of benzene rings is 2. The molecule has 0 saturated carbocycles. The maximum atomic E-state index is 12.5. The Morgan fingerprint density at radius 3 is 2.24 bits per heavy atom. The Balaban J connectivity index is 2.13. The van der Waals surface area contributed by atoms with Gasteiger partial charge in [-0.05, 0) is 64.4 Å². The van der Waals surface area contributed by atoms with Crippen LogP contribution in [-0.2, 0) is 20.7 Å². The monoisotopic (exact) mass is 399 g/mol. The summed E-state index contributed by atoms with van der Waals surface area (Å²) in [5.74, 6) is 0.842. The molecule has 0 aliphatic rings. The SMILES string of the molecule is CC(C)OC(=O)C(Cc1cccc(Oc2ccccc2)c1)NC(=O)OC(C)(C)C. The Kier molecular flexibility index (Phi) is 7.65. The number of para-hydroxylation sites is 1. The number of rotatable bonds is 7. The number of nitrogens with one attached hydrogen (secondary N) is 1. The predicted molar refractivity (Wildman–Crippen MR) is 111 cm³/mol. The predicted octanol–water partition coefficient (Wildman–Crippen LogP) is 4.87. The van der Waals surface area contributed by atoms with Crippen molar-refractivity contribution in [2.45, 2.75) is 58.8 Å². The fraction of sp³-hybridized carbons (Fsp3) is 0.391. The van der Waals surface area contributed by atoms with E-state index >= 15 is 0 Å². The van der Waals surface area contributed by atoms with E-state index in [4.69, 9.17) is 14.2 Å². The lowest BCUT2D eigenvalue weighted by atomic mass is 10.1. The van der Waals surface area contributed by atoms with Gasteiger partial charge in [-0.1, -0.05) is 30.3 Å². The normalized spacial score (nSPS) is 12.2. The Morgan fingerprint density at radius 2 is 1.62 bits per heavy atom. The fourth-order valence-electron chi connectivity index (χ4n) is 2.55. The summed E-state index contributed by atoms with van der Waals surface area (Å²) >= 11 is 0. The minimum Gasteiger partial charge on any atom is -0.461 e. The van der Waals surface area contributed by atoms with Gasteiger partial charge in [-0.3, -0.25) is 0 Å². The van der Waals surface area contributed by atoms with Crippen molar-refractivity contribution in [1.29, 1.82) is 0 Å². The van der Waals surface area contributed by atoms with Crippen LogP contribution in [0.4, 0.5) is 4.79 Å². The standard InChI is InChI=1S/C23H29NO5/c1-16(2)27-21(25)20(24-22(26)29-23(3,4)5)15-17-10-9-13-19(14-17)28-18-11-7-6-8-12-18/h6-14,16,20H,15H2,1-5H3,(H,24,26). The van der Waals surface area contributed by atoms with Crippen molar-refractivity contribution in [1.82, 2.24) is 5.32 Å². The molecule has 156 valence electrons. The van der Waals surface area contributed by atoms with Gasteiger partial charge in [0.1, 0.15) is 23.1 Å². The van der Waals surface area contributed by atoms with Crippen LogP contribution < -0.4 is 10.1 Å². The van der Waals surface area contributed by atoms with Crippen LogP contribution in [0.3, 0.4) is 0 Å². The molecule has 2 rings (SSSR count). The van der Waals surface area contributed by atoms with Crippen molar-refractivity contribution in [3.8, 4) is 11.5 Å². The molecule has 0 aliphatic heterocycles. The van der Waals surface area contributed by atoms with Crippen LogP contribution in [0.5, 0.6) is 11.5 Å². The van der Waals surface area contributed by atoms with Crippen molar-refractivity contribution in [2.75, 3.05) is 0 Å². The molecule has 0 fully saturated rings. The van der Waals surface area contributed by atoms with Gasteiger partial charge in [-0.2, -0.15) is 0 Å². The number of amides is 1. The highest BCUT2D eigenvalue weighted by Crippen LogP contribution is 2.22. The van der Waals surface area contributed by atoms with Gasteiger partial charge in [0.2, 0.25) is 0 Å². The van der Waals surface area contributed by atoms with Crippen LogP contribution in [0.2, 0.25) is 0 Å². The van der Waals surface area contributed by atoms with E-state index in [2.05, 4.69) is 5.32 Å². The molecule has 0 aliphatic carbocycles. The van der Waals surface area contributed by atoms with E-state index in [-0.39, 0.29) is 12.5 Å². The lowest BCUT2D eigenvalue weighted by Gasteiger charge is -2.23. The van der Waals surface area contributed by atoms with Gasteiger partial charge in [-0.15, -0.1) is 0 Å². The van der Waals surface area contributed by atoms with E-state index in [1.165, 1.54) is 0 Å². The highest BCUT2D eigenvalue weighted by atomic mass is 16.6. The molecule has 6 heteroatoms. The topological polar surface area (TPSA) is 73.9 Å². The second-order valence-corrected chi connectivity index (χ2v) is 7.95. The summed E-state index contributed by atoms with van der Waals surface area (Å²) in [6.07, 6.45) is -0.713. The third kappa shape index (κ3) is 8.25. The summed E-state index contributed by atoms with van der Waals surface area (Å²) in [7, 11) is 0. The van der Waals surface area contributed by atoms with Gasteiger partial charge in [0.05, 0.1) is 6.10 Å². The molecule has 2 aromatic carbocycles. The van der Waals surface area contributed by atoms with Gasteiger partial charge in [0, 0.05) is 6.42 Å². The smallest absolute Gasteiger partial charge is 0.408 e. The number of alkyl carbamates (subject to hydrolysis) is 1. The Labute approximate surface area is 172 Å². The number of esters is 1. The second-order valence-electron chi connectivity index (χ2n) is 7.95. The summed E-state index contributed by atoms with van der Waals surface area (Å²) in [4.78, 5) is 24.7. The van der Waals surface area contributed by atoms with Crippen molar-refractivity contribution in [2.24, 2.45) is 0 Å². The molecule has 2 aromatic rings. The fourth-order valence-corrected chi connectivity index (χ4v) is 2.55. The van der Waals surface area contributed by atoms with Crippen molar-refractivity contribution < 1.29 is 23.8 Å². The van der Waals surface area contributed by atoms with Crippen LogP contribution in [-0.4, -0.2) is 29.8 Å². The molecule has 1 amide bonds. The highest BCUT2D eigenvalue weighted by Gasteiger charge is 2.26. The van der Waals surface area contributed by atoms with Crippen LogP contribution in [0.1, 0.15) is 40.2 Å². The maximum absolute atomic E-state index is 12.5. The lowest BCUT2D eigenvalue weighted by molar-refractivity contribution is -0.149. The number of hydrogen-bond donors (Lipinski definition) is 1. The third-order valence-corrected chi connectivity index (χ3v) is 3.64. The zero-order chi connectivity index (χ0) is 21.4. The first kappa shape index (κ1) is 22.3. The Bertz CT molecular complexity index is 812. The molecular weight excluding hydrogens is 370 g/mol. The number of ether oxygens (including phenoxy) is 3. The van der Waals surface area contributed by atoms with Gasteiger partial charge in [-0.25, -0.2) is 9.59 Å². The molecule has 6 nitrogen and oxygen atoms in total. The molecule has 1 atom stereocenters. The van der Waals surface area contributed by atoms with E-state index in [1.54, 1.807) is 34.6 Å². The van der Waals surface area contributed by atoms with E-state index in [0.717, 1.165) is 5.56 Å². The quantitative estimate of drug-likeness (QED) is 0.673. The Morgan fingerprint density at radius 1 is 0.966 bits per heavy atom. The number of carbonyl (C=O) groups is 2. The third-order valence-electron chi connectivity index (χ3n) is 3.64. The summed E-state index contributed by atoms with van der Waals surface area (Å²) in [5.41, 5.74) is 0.153. The van der Waals surface area contributed by atoms with Gasteiger partial charge >= 0.3 is 12.1 Å². The van der Waals surface area contributed by atoms with Crippen molar-refractivity contribution >= 4 is 12.1 Å². The summed E-state index contributed by atoms with van der Waals surface area (Å²) in [5, 5.41) is 2.62. The lowest BCUT2D eigenvalue weighted by Crippen LogP contribution is -2.46. The van der Waals surface area contributed by atoms with Crippen molar-refractivity contribution in [3.05, 3.63) is 60.2 Å². The zero-order valence-electron chi connectivity index (χ0n) is 17.6. The average Bonchev–Trinajstić information content (AvgIpc) is 2.60. The van der Waals surface area contributed by atoms with E-state index in [1.807, 2.05) is 54.6 Å². The highest BCUT2D eigenvalue weighted by molar-refractivity contribution is 5.82. The van der Waals surface area contributed by atoms with Crippen LogP contribution in [0.25, 0.3) is 0 Å². The van der Waals surface area contributed by atoms with Crippen LogP contribution in [0, 0.1) is 0 Å². The summed E-state index contributed by atoms with van der Waals surface area (Å²) in [6.45, 7) is 8.81. The number of carbonyl (C=O) groups excluding carboxylic acids is 2. The van der Waals surface area contributed by atoms with E-state index in [0.29, 0.717) is 11.5 Å². The summed E-state index contributed by atoms with van der Waals surface area (Å²) in [6, 6.07) is 15.9. The molecule has 0 radical (unpaired) electrons. The molecule has 0 spiro atoms. The van der Waals surface area contributed by atoms with Gasteiger partial charge in [0.15, 0.2) is 0 Å². The van der Waals surface area contributed by atoms with E-state index < -0.39 is 23.7 Å². The molecule has 0 heterocycles. The first-order valence-electron chi connectivity index (χ1n) is 9.64. The molecule has 29 heavy (non-hydrogen) atoms.